The third kappa shape index (κ3) is 4.96. The Morgan fingerprint density at radius 1 is 1.27 bits per heavy atom. The van der Waals surface area contributed by atoms with Crippen LogP contribution in [0.25, 0.3) is 21.9 Å². The van der Waals surface area contributed by atoms with E-state index in [0.29, 0.717) is 43.9 Å². The Morgan fingerprint density at radius 3 is 2.76 bits per heavy atom. The molecule has 0 bridgehead atoms. The number of ether oxygens (including phenoxy) is 1. The molecule has 2 N–H and O–H groups in total. The number of hydrogen-bond donors (Lipinski definition) is 1. The summed E-state index contributed by atoms with van der Waals surface area (Å²) in [6.07, 6.45) is 2.75. The topological polar surface area (TPSA) is 120 Å². The summed E-state index contributed by atoms with van der Waals surface area (Å²) in [6.45, 7) is 3.31. The summed E-state index contributed by atoms with van der Waals surface area (Å²) >= 11 is 0. The number of imidazole rings is 1. The number of amides is 1. The summed E-state index contributed by atoms with van der Waals surface area (Å²) in [5, 5.41) is 0.999. The van der Waals surface area contributed by atoms with E-state index in [0.717, 1.165) is 35.1 Å². The van der Waals surface area contributed by atoms with Crippen molar-refractivity contribution in [2.45, 2.75) is 45.2 Å². The van der Waals surface area contributed by atoms with Gasteiger partial charge in [0.1, 0.15) is 11.3 Å². The molecule has 1 aromatic carbocycles. The van der Waals surface area contributed by atoms with Crippen LogP contribution in [0.15, 0.2) is 24.3 Å². The number of sulfone groups is 1. The fourth-order valence-corrected chi connectivity index (χ4v) is 6.43. The van der Waals surface area contributed by atoms with E-state index in [4.69, 9.17) is 15.5 Å². The van der Waals surface area contributed by atoms with Crippen LogP contribution in [0.2, 0.25) is 0 Å². The Bertz CT molecular complexity index is 1270. The maximum absolute atomic E-state index is 12.2. The minimum absolute atomic E-state index is 0.0676. The molecule has 33 heavy (non-hydrogen) atoms. The number of nitrogen functional groups attached to an aromatic ring is 1. The number of carbonyl (C=O) groups is 1. The molecule has 1 aliphatic heterocycles. The second-order valence-corrected chi connectivity index (χ2v) is 10.8. The summed E-state index contributed by atoms with van der Waals surface area (Å²) in [4.78, 5) is 23.2. The number of anilines is 1. The Hall–Kier alpha value is -2.72. The zero-order valence-corrected chi connectivity index (χ0v) is 20.0. The zero-order chi connectivity index (χ0) is 23.6. The highest BCUT2D eigenvalue weighted by molar-refractivity contribution is 7.91. The third-order valence-electron chi connectivity index (χ3n) is 6.30. The molecule has 178 valence electrons. The first-order chi connectivity index (χ1) is 15.8. The molecule has 0 saturated carbocycles. The van der Waals surface area contributed by atoms with Crippen molar-refractivity contribution in [3.63, 3.8) is 0 Å². The van der Waals surface area contributed by atoms with Gasteiger partial charge in [-0.25, -0.2) is 18.4 Å². The Balaban J connectivity index is 1.55. The van der Waals surface area contributed by atoms with Crippen LogP contribution in [0.1, 0.15) is 32.0 Å². The number of nitrogens with two attached hydrogens (primary N) is 1. The third-order valence-corrected chi connectivity index (χ3v) is 8.05. The lowest BCUT2D eigenvalue weighted by molar-refractivity contribution is -0.130. The van der Waals surface area contributed by atoms with E-state index >= 15 is 0 Å². The predicted octanol–water partition coefficient (Wildman–Crippen LogP) is 2.17. The highest BCUT2D eigenvalue weighted by atomic mass is 32.2. The minimum Gasteiger partial charge on any atom is -0.384 e. The first-order valence-electron chi connectivity index (χ1n) is 11.3. The summed E-state index contributed by atoms with van der Waals surface area (Å²) in [7, 11) is -1.38. The number of pyridine rings is 1. The van der Waals surface area contributed by atoms with Gasteiger partial charge in [0.05, 0.1) is 29.1 Å². The number of methoxy groups -OCH3 is 1. The van der Waals surface area contributed by atoms with Crippen LogP contribution in [-0.4, -0.2) is 71.6 Å². The Kier molecular flexibility index (Phi) is 6.85. The number of rotatable bonds is 9. The van der Waals surface area contributed by atoms with Crippen molar-refractivity contribution in [2.75, 3.05) is 37.5 Å². The second-order valence-electron chi connectivity index (χ2n) is 8.61. The lowest BCUT2D eigenvalue weighted by Gasteiger charge is -2.27. The molecular weight excluding hydrogens is 442 g/mol. The number of fused-ring (bicyclic) bond motifs is 3. The van der Waals surface area contributed by atoms with Crippen molar-refractivity contribution in [1.82, 2.24) is 19.4 Å². The molecule has 0 radical (unpaired) electrons. The fraction of sp³-hybridized carbons (Fsp3) is 0.522. The zero-order valence-electron chi connectivity index (χ0n) is 19.2. The van der Waals surface area contributed by atoms with E-state index in [1.807, 2.05) is 24.3 Å². The molecule has 9 nitrogen and oxygen atoms in total. The van der Waals surface area contributed by atoms with E-state index in [1.165, 1.54) is 6.92 Å². The van der Waals surface area contributed by atoms with Gasteiger partial charge in [-0.3, -0.25) is 4.79 Å². The number of benzene rings is 1. The van der Waals surface area contributed by atoms with Crippen LogP contribution >= 0.6 is 0 Å². The SMILES string of the molecule is COCCc1nc2c(N)nc3ccccc3c2n1CCCCN(C(C)=O)C1CCS(=O)(=O)C1. The molecule has 1 aliphatic rings. The largest absolute Gasteiger partial charge is 0.384 e. The summed E-state index contributed by atoms with van der Waals surface area (Å²) in [6, 6.07) is 7.67. The lowest BCUT2D eigenvalue weighted by atomic mass is 10.1. The highest BCUT2D eigenvalue weighted by Crippen LogP contribution is 2.29. The van der Waals surface area contributed by atoms with Crippen LogP contribution in [-0.2, 0) is 32.3 Å². The maximum atomic E-state index is 12.2. The van der Waals surface area contributed by atoms with E-state index in [-0.39, 0.29) is 23.5 Å². The minimum atomic E-state index is -3.04. The smallest absolute Gasteiger partial charge is 0.219 e. The first-order valence-corrected chi connectivity index (χ1v) is 13.1. The predicted molar refractivity (Wildman–Crippen MR) is 129 cm³/mol. The van der Waals surface area contributed by atoms with Crippen LogP contribution in [0.5, 0.6) is 0 Å². The van der Waals surface area contributed by atoms with Crippen molar-refractivity contribution >= 4 is 43.5 Å². The first kappa shape index (κ1) is 23.4. The van der Waals surface area contributed by atoms with Gasteiger partial charge in [-0.05, 0) is 25.3 Å². The number of carbonyl (C=O) groups excluding carboxylic acids is 1. The Labute approximate surface area is 193 Å². The fourth-order valence-electron chi connectivity index (χ4n) is 4.70. The normalized spacial score (nSPS) is 17.7. The maximum Gasteiger partial charge on any atom is 0.219 e. The van der Waals surface area contributed by atoms with E-state index < -0.39 is 9.84 Å². The van der Waals surface area contributed by atoms with Gasteiger partial charge < -0.3 is 19.9 Å². The van der Waals surface area contributed by atoms with Gasteiger partial charge in [-0.1, -0.05) is 18.2 Å². The lowest BCUT2D eigenvalue weighted by Crippen LogP contribution is -2.40. The van der Waals surface area contributed by atoms with Gasteiger partial charge in [0.25, 0.3) is 0 Å². The van der Waals surface area contributed by atoms with Gasteiger partial charge in [0.2, 0.25) is 5.91 Å². The van der Waals surface area contributed by atoms with E-state index in [1.54, 1.807) is 12.0 Å². The standard InChI is InChI=1S/C23H31N5O4S/c1-16(29)27(17-10-14-33(30,31)15-17)11-5-6-12-28-20(9-13-32-2)26-21-22(28)18-7-3-4-8-19(18)25-23(21)24/h3-4,7-8,17H,5-6,9-15H2,1-2H3,(H2,24,25). The van der Waals surface area contributed by atoms with E-state index in [9.17, 15) is 13.2 Å². The number of hydrogen-bond acceptors (Lipinski definition) is 7. The molecule has 2 aromatic heterocycles. The van der Waals surface area contributed by atoms with Crippen molar-refractivity contribution < 1.29 is 17.9 Å². The molecule has 1 fully saturated rings. The van der Waals surface area contributed by atoms with Crippen LogP contribution in [0, 0.1) is 0 Å². The molecule has 4 rings (SSSR count). The summed E-state index contributed by atoms with van der Waals surface area (Å²) in [5.74, 6) is 1.45. The molecule has 3 aromatic rings. The van der Waals surface area contributed by atoms with Crippen molar-refractivity contribution in [3.05, 3.63) is 30.1 Å². The molecule has 0 aliphatic carbocycles. The van der Waals surface area contributed by atoms with Crippen molar-refractivity contribution in [2.24, 2.45) is 0 Å². The molecule has 1 unspecified atom stereocenters. The van der Waals surface area contributed by atoms with Gasteiger partial charge in [0.15, 0.2) is 15.7 Å². The molecular formula is C23H31N5O4S. The van der Waals surface area contributed by atoms with Gasteiger partial charge in [-0.2, -0.15) is 0 Å². The van der Waals surface area contributed by atoms with Crippen LogP contribution in [0.4, 0.5) is 5.82 Å². The van der Waals surface area contributed by atoms with Crippen LogP contribution in [0.3, 0.4) is 0 Å². The van der Waals surface area contributed by atoms with Gasteiger partial charge >= 0.3 is 0 Å². The average molecular weight is 474 g/mol. The molecule has 0 spiro atoms. The number of nitrogens with zero attached hydrogens (tertiary/aromatic N) is 4. The molecule has 1 atom stereocenters. The van der Waals surface area contributed by atoms with Gasteiger partial charge in [0, 0.05) is 45.0 Å². The van der Waals surface area contributed by atoms with Crippen molar-refractivity contribution in [1.29, 1.82) is 0 Å². The average Bonchev–Trinajstić information content (AvgIpc) is 3.32. The number of aromatic nitrogens is 3. The number of para-hydroxylation sites is 1. The number of unbranched alkanes of at least 4 members (excludes halogenated alkanes) is 1. The quantitative estimate of drug-likeness (QED) is 0.473. The summed E-state index contributed by atoms with van der Waals surface area (Å²) in [5.41, 5.74) is 8.73. The monoisotopic (exact) mass is 473 g/mol. The van der Waals surface area contributed by atoms with Crippen molar-refractivity contribution in [3.8, 4) is 0 Å². The molecule has 3 heterocycles. The van der Waals surface area contributed by atoms with Gasteiger partial charge in [-0.15, -0.1) is 0 Å². The van der Waals surface area contributed by atoms with E-state index in [2.05, 4.69) is 9.55 Å². The van der Waals surface area contributed by atoms with Crippen LogP contribution < -0.4 is 5.73 Å². The Morgan fingerprint density at radius 2 is 2.06 bits per heavy atom. The highest BCUT2D eigenvalue weighted by Gasteiger charge is 2.33. The molecule has 1 amide bonds. The molecule has 1 saturated heterocycles. The molecule has 10 heteroatoms. The number of aryl methyl sites for hydroxylation is 1. The summed E-state index contributed by atoms with van der Waals surface area (Å²) < 4.78 is 31.2. The second kappa shape index (κ2) is 9.64.